The van der Waals surface area contributed by atoms with Crippen LogP contribution >= 0.6 is 0 Å². The third-order valence-electron chi connectivity index (χ3n) is 3.53. The van der Waals surface area contributed by atoms with Gasteiger partial charge in [-0.2, -0.15) is 5.26 Å². The first-order chi connectivity index (χ1) is 10.5. The van der Waals surface area contributed by atoms with Crippen LogP contribution < -0.4 is 5.73 Å². The number of nitrogens with two attached hydrogens (primary N) is 1. The lowest BCUT2D eigenvalue weighted by Gasteiger charge is -2.19. The summed E-state index contributed by atoms with van der Waals surface area (Å²) in [4.78, 5) is 35.5. The molecule has 2 N–H and O–H groups in total. The van der Waals surface area contributed by atoms with Crippen molar-refractivity contribution in [3.05, 3.63) is 68.3 Å². The van der Waals surface area contributed by atoms with E-state index in [-0.39, 0.29) is 33.5 Å². The Morgan fingerprint density at radius 2 is 1.64 bits per heavy atom. The highest BCUT2D eigenvalue weighted by Crippen LogP contribution is 2.37. The minimum absolute atomic E-state index is 0.0900. The number of fused-ring (bicyclic) bond motifs is 2. The number of nitrogen functional groups attached to an aromatic ring is 1. The zero-order valence-corrected chi connectivity index (χ0v) is 11.0. The number of nitrogens with zero attached hydrogens (tertiary/aromatic N) is 2. The smallest absolute Gasteiger partial charge is 0.282 e. The van der Waals surface area contributed by atoms with Crippen molar-refractivity contribution in [2.75, 3.05) is 5.73 Å². The van der Waals surface area contributed by atoms with Crippen LogP contribution in [0.25, 0.3) is 0 Å². The summed E-state index contributed by atoms with van der Waals surface area (Å²) in [7, 11) is 0. The molecule has 1 aliphatic rings. The summed E-state index contributed by atoms with van der Waals surface area (Å²) in [6.07, 6.45) is 0. The van der Waals surface area contributed by atoms with E-state index in [9.17, 15) is 19.7 Å². The normalized spacial score (nSPS) is 12.3. The summed E-state index contributed by atoms with van der Waals surface area (Å²) in [5.74, 6) is -1.24. The standard InChI is InChI=1S/C15H7N3O4/c16-6-7-5-10(18(21)22)11-12(13(7)17)15(20)9-4-2-1-3-8(9)14(11)19/h1-5H,17H2. The molecule has 0 amide bonds. The molecular formula is C15H7N3O4. The van der Waals surface area contributed by atoms with Crippen LogP contribution in [-0.2, 0) is 0 Å². The molecule has 3 rings (SSSR count). The molecule has 0 atom stereocenters. The van der Waals surface area contributed by atoms with E-state index in [0.717, 1.165) is 6.07 Å². The van der Waals surface area contributed by atoms with Crippen LogP contribution in [0.15, 0.2) is 30.3 Å². The van der Waals surface area contributed by atoms with Crippen LogP contribution in [0.2, 0.25) is 0 Å². The average molecular weight is 293 g/mol. The molecular weight excluding hydrogens is 286 g/mol. The fourth-order valence-electron chi connectivity index (χ4n) is 2.53. The maximum Gasteiger partial charge on any atom is 0.282 e. The van der Waals surface area contributed by atoms with Gasteiger partial charge < -0.3 is 5.73 Å². The highest BCUT2D eigenvalue weighted by molar-refractivity contribution is 6.31. The number of nitriles is 1. The minimum atomic E-state index is -0.793. The SMILES string of the molecule is N#Cc1cc([N+](=O)[O-])c2c(c1N)C(=O)c1ccccc1C2=O. The van der Waals surface area contributed by atoms with Crippen molar-refractivity contribution in [2.24, 2.45) is 0 Å². The van der Waals surface area contributed by atoms with E-state index in [1.807, 2.05) is 0 Å². The van der Waals surface area contributed by atoms with Crippen LogP contribution in [0.1, 0.15) is 37.4 Å². The average Bonchev–Trinajstić information content (AvgIpc) is 2.52. The second-order valence-electron chi connectivity index (χ2n) is 4.68. The highest BCUT2D eigenvalue weighted by Gasteiger charge is 2.38. The third kappa shape index (κ3) is 1.61. The zero-order chi connectivity index (χ0) is 16.0. The third-order valence-corrected chi connectivity index (χ3v) is 3.53. The number of rotatable bonds is 1. The van der Waals surface area contributed by atoms with Gasteiger partial charge >= 0.3 is 0 Å². The Bertz CT molecular complexity index is 925. The van der Waals surface area contributed by atoms with Crippen molar-refractivity contribution in [2.45, 2.75) is 0 Å². The van der Waals surface area contributed by atoms with Crippen molar-refractivity contribution in [1.82, 2.24) is 0 Å². The molecule has 0 bridgehead atoms. The zero-order valence-electron chi connectivity index (χ0n) is 11.0. The van der Waals surface area contributed by atoms with E-state index in [1.165, 1.54) is 12.1 Å². The molecule has 2 aromatic carbocycles. The van der Waals surface area contributed by atoms with Crippen LogP contribution in [0.5, 0.6) is 0 Å². The number of hydrogen-bond donors (Lipinski definition) is 1. The van der Waals surface area contributed by atoms with Gasteiger partial charge in [-0.15, -0.1) is 0 Å². The van der Waals surface area contributed by atoms with Gasteiger partial charge in [-0.25, -0.2) is 0 Å². The largest absolute Gasteiger partial charge is 0.397 e. The quantitative estimate of drug-likeness (QED) is 0.414. The molecule has 0 unspecified atom stereocenters. The number of nitro groups is 1. The summed E-state index contributed by atoms with van der Waals surface area (Å²) in [5, 5.41) is 20.2. The summed E-state index contributed by atoms with van der Waals surface area (Å²) in [6, 6.07) is 8.65. The molecule has 1 aliphatic carbocycles. The molecule has 7 heteroatoms. The van der Waals surface area contributed by atoms with Crippen LogP contribution in [0, 0.1) is 21.4 Å². The second kappa shape index (κ2) is 4.49. The van der Waals surface area contributed by atoms with Gasteiger partial charge in [0.1, 0.15) is 11.6 Å². The Morgan fingerprint density at radius 1 is 1.09 bits per heavy atom. The van der Waals surface area contributed by atoms with Gasteiger partial charge in [0.25, 0.3) is 5.69 Å². The van der Waals surface area contributed by atoms with E-state index < -0.39 is 22.2 Å². The number of carbonyl (C=O) groups excluding carboxylic acids is 2. The van der Waals surface area contributed by atoms with E-state index in [4.69, 9.17) is 11.0 Å². The van der Waals surface area contributed by atoms with Gasteiger partial charge in [0.15, 0.2) is 5.78 Å². The predicted molar refractivity (Wildman–Crippen MR) is 75.5 cm³/mol. The topological polar surface area (TPSA) is 127 Å². The first kappa shape index (κ1) is 13.5. The fourth-order valence-corrected chi connectivity index (χ4v) is 2.53. The van der Waals surface area contributed by atoms with Crippen LogP contribution in [0.4, 0.5) is 11.4 Å². The molecule has 0 aromatic heterocycles. The Kier molecular flexibility index (Phi) is 2.75. The van der Waals surface area contributed by atoms with Gasteiger partial charge in [0.2, 0.25) is 5.78 Å². The van der Waals surface area contributed by atoms with Crippen molar-refractivity contribution < 1.29 is 14.5 Å². The maximum atomic E-state index is 12.6. The van der Waals surface area contributed by atoms with Gasteiger partial charge in [0.05, 0.1) is 21.7 Å². The molecule has 0 saturated carbocycles. The van der Waals surface area contributed by atoms with Gasteiger partial charge in [-0.1, -0.05) is 24.3 Å². The molecule has 0 aliphatic heterocycles. The lowest BCUT2D eigenvalue weighted by Crippen LogP contribution is -2.24. The second-order valence-corrected chi connectivity index (χ2v) is 4.68. The summed E-state index contributed by atoms with van der Waals surface area (Å²) >= 11 is 0. The number of carbonyl (C=O) groups is 2. The van der Waals surface area contributed by atoms with Crippen LogP contribution in [-0.4, -0.2) is 16.5 Å². The molecule has 106 valence electrons. The number of anilines is 1. The minimum Gasteiger partial charge on any atom is -0.397 e. The number of hydrogen-bond acceptors (Lipinski definition) is 6. The lowest BCUT2D eigenvalue weighted by molar-refractivity contribution is -0.385. The van der Waals surface area contributed by atoms with Crippen LogP contribution in [0.3, 0.4) is 0 Å². The maximum absolute atomic E-state index is 12.6. The predicted octanol–water partition coefficient (Wildman–Crippen LogP) is 1.82. The summed E-state index contributed by atoms with van der Waals surface area (Å²) in [6.45, 7) is 0. The molecule has 0 saturated heterocycles. The summed E-state index contributed by atoms with van der Waals surface area (Å²) < 4.78 is 0. The molecule has 0 fully saturated rings. The van der Waals surface area contributed by atoms with Crippen molar-refractivity contribution >= 4 is 22.9 Å². The fraction of sp³-hybridized carbons (Fsp3) is 0. The molecule has 0 heterocycles. The molecule has 22 heavy (non-hydrogen) atoms. The lowest BCUT2D eigenvalue weighted by atomic mass is 9.81. The number of benzene rings is 2. The van der Waals surface area contributed by atoms with E-state index in [2.05, 4.69) is 0 Å². The van der Waals surface area contributed by atoms with Gasteiger partial charge in [0, 0.05) is 17.2 Å². The van der Waals surface area contributed by atoms with Crippen molar-refractivity contribution in [3.8, 4) is 6.07 Å². The van der Waals surface area contributed by atoms with E-state index in [0.29, 0.717) is 0 Å². The number of ketones is 2. The summed E-state index contributed by atoms with van der Waals surface area (Å²) in [5.41, 5.74) is 4.36. The van der Waals surface area contributed by atoms with Gasteiger partial charge in [-0.05, 0) is 0 Å². The van der Waals surface area contributed by atoms with Crippen molar-refractivity contribution in [3.63, 3.8) is 0 Å². The molecule has 0 spiro atoms. The Hall–Kier alpha value is -3.53. The highest BCUT2D eigenvalue weighted by atomic mass is 16.6. The molecule has 0 radical (unpaired) electrons. The number of nitro benzene ring substituents is 1. The molecule has 7 nitrogen and oxygen atoms in total. The van der Waals surface area contributed by atoms with Crippen molar-refractivity contribution in [1.29, 1.82) is 5.26 Å². The Morgan fingerprint density at radius 3 is 2.14 bits per heavy atom. The monoisotopic (exact) mass is 293 g/mol. The Labute approximate surface area is 123 Å². The first-order valence-electron chi connectivity index (χ1n) is 6.16. The first-order valence-corrected chi connectivity index (χ1v) is 6.16. The van der Waals surface area contributed by atoms with E-state index in [1.54, 1.807) is 18.2 Å². The van der Waals surface area contributed by atoms with E-state index >= 15 is 0 Å². The molecule has 2 aromatic rings. The van der Waals surface area contributed by atoms with Gasteiger partial charge in [-0.3, -0.25) is 19.7 Å². The Balaban J connectivity index is 2.47.